The Kier molecular flexibility index (Phi) is 5.91. The lowest BCUT2D eigenvalue weighted by Crippen LogP contribution is -2.37. The summed E-state index contributed by atoms with van der Waals surface area (Å²) < 4.78 is 37.5. The van der Waals surface area contributed by atoms with Crippen LogP contribution in [0.3, 0.4) is 0 Å². The lowest BCUT2D eigenvalue weighted by molar-refractivity contribution is 0.121. The fraction of sp³-hybridized carbons (Fsp3) is 0.600. The number of nitrogens with one attached hydrogen (secondary N) is 1. The van der Waals surface area contributed by atoms with E-state index in [1.807, 2.05) is 0 Å². The highest BCUT2D eigenvalue weighted by atomic mass is 32.2. The Bertz CT molecular complexity index is 577. The number of sulfonamides is 1. The molecule has 1 heterocycles. The molecule has 5 nitrogen and oxygen atoms in total. The number of benzene rings is 1. The number of likely N-dealkylation sites (tertiary alicyclic amines) is 1. The highest BCUT2D eigenvalue weighted by Gasteiger charge is 2.26. The van der Waals surface area contributed by atoms with Crippen LogP contribution in [-0.2, 0) is 10.0 Å². The van der Waals surface area contributed by atoms with Crippen LogP contribution in [0.4, 0.5) is 4.39 Å². The molecule has 2 rings (SSSR count). The second-order valence-electron chi connectivity index (χ2n) is 5.80. The van der Waals surface area contributed by atoms with Gasteiger partial charge in [-0.2, -0.15) is 0 Å². The minimum absolute atomic E-state index is 0.224. The Labute approximate surface area is 131 Å². The fourth-order valence-corrected chi connectivity index (χ4v) is 3.37. The molecule has 0 saturated carbocycles. The molecule has 1 fully saturated rings. The van der Waals surface area contributed by atoms with Gasteiger partial charge in [0, 0.05) is 19.1 Å². The van der Waals surface area contributed by atoms with Gasteiger partial charge in [0.15, 0.2) is 0 Å². The molecule has 2 atom stereocenters. The molecule has 0 aromatic heterocycles. The predicted molar refractivity (Wildman–Crippen MR) is 83.4 cm³/mol. The van der Waals surface area contributed by atoms with E-state index in [-0.39, 0.29) is 11.9 Å². The summed E-state index contributed by atoms with van der Waals surface area (Å²) in [6.45, 7) is 1.92. The van der Waals surface area contributed by atoms with Crippen molar-refractivity contribution in [2.75, 3.05) is 25.9 Å². The zero-order chi connectivity index (χ0) is 16.2. The van der Waals surface area contributed by atoms with Gasteiger partial charge < -0.3 is 5.11 Å². The predicted octanol–water partition coefficient (Wildman–Crippen LogP) is 1.26. The van der Waals surface area contributed by atoms with E-state index < -0.39 is 16.1 Å². The van der Waals surface area contributed by atoms with Crippen LogP contribution in [0, 0.1) is 5.82 Å². The Hall–Kier alpha value is -1.02. The first kappa shape index (κ1) is 17.3. The third-order valence-corrected chi connectivity index (χ3v) is 4.74. The van der Waals surface area contributed by atoms with Crippen LogP contribution in [0.5, 0.6) is 0 Å². The van der Waals surface area contributed by atoms with Crippen LogP contribution in [0.15, 0.2) is 24.3 Å². The molecule has 124 valence electrons. The average Bonchev–Trinajstić information content (AvgIpc) is 2.85. The summed E-state index contributed by atoms with van der Waals surface area (Å²) in [5, 5.41) is 10.3. The van der Waals surface area contributed by atoms with E-state index in [9.17, 15) is 17.9 Å². The monoisotopic (exact) mass is 330 g/mol. The minimum Gasteiger partial charge on any atom is -0.388 e. The minimum atomic E-state index is -3.16. The first-order valence-electron chi connectivity index (χ1n) is 7.47. The maximum Gasteiger partial charge on any atom is 0.208 e. The molecule has 0 radical (unpaired) electrons. The van der Waals surface area contributed by atoms with E-state index >= 15 is 0 Å². The normalized spacial score (nSPS) is 21.1. The van der Waals surface area contributed by atoms with Crippen molar-refractivity contribution in [3.63, 3.8) is 0 Å². The number of nitrogens with zero attached hydrogens (tertiary/aromatic N) is 1. The van der Waals surface area contributed by atoms with Crippen molar-refractivity contribution in [3.05, 3.63) is 35.6 Å². The Balaban J connectivity index is 1.86. The maximum absolute atomic E-state index is 12.9. The van der Waals surface area contributed by atoms with Gasteiger partial charge in [-0.15, -0.1) is 0 Å². The number of aliphatic hydroxyl groups is 1. The van der Waals surface area contributed by atoms with Gasteiger partial charge >= 0.3 is 0 Å². The Morgan fingerprint density at radius 3 is 2.73 bits per heavy atom. The van der Waals surface area contributed by atoms with E-state index in [4.69, 9.17) is 0 Å². The first-order chi connectivity index (χ1) is 10.3. The molecule has 0 amide bonds. The van der Waals surface area contributed by atoms with Gasteiger partial charge in [0.05, 0.1) is 12.4 Å². The van der Waals surface area contributed by atoms with E-state index in [1.54, 1.807) is 12.1 Å². The summed E-state index contributed by atoms with van der Waals surface area (Å²) in [4.78, 5) is 2.20. The summed E-state index contributed by atoms with van der Waals surface area (Å²) >= 11 is 0. The van der Waals surface area contributed by atoms with Crippen molar-refractivity contribution in [3.8, 4) is 0 Å². The summed E-state index contributed by atoms with van der Waals surface area (Å²) in [6.07, 6.45) is 3.11. The lowest BCUT2D eigenvalue weighted by atomic mass is 10.0. The van der Waals surface area contributed by atoms with Crippen LogP contribution in [0.2, 0.25) is 0 Å². The summed E-state index contributed by atoms with van der Waals surface area (Å²) in [5.41, 5.74) is 0.711. The average molecular weight is 330 g/mol. The molecule has 1 saturated heterocycles. The van der Waals surface area contributed by atoms with Crippen molar-refractivity contribution < 1.29 is 17.9 Å². The van der Waals surface area contributed by atoms with Crippen LogP contribution >= 0.6 is 0 Å². The largest absolute Gasteiger partial charge is 0.388 e. The van der Waals surface area contributed by atoms with Crippen molar-refractivity contribution in [1.82, 2.24) is 9.62 Å². The first-order valence-corrected chi connectivity index (χ1v) is 9.36. The summed E-state index contributed by atoms with van der Waals surface area (Å²) in [5.74, 6) is -0.315. The van der Waals surface area contributed by atoms with Gasteiger partial charge in [0.1, 0.15) is 5.82 Å². The van der Waals surface area contributed by atoms with Gasteiger partial charge in [-0.25, -0.2) is 17.5 Å². The SMILES string of the molecule is CS(=O)(=O)NCCN1CCC[C@H]1C[C@H](O)c1ccc(F)cc1. The van der Waals surface area contributed by atoms with Crippen LogP contribution in [0.1, 0.15) is 30.9 Å². The van der Waals surface area contributed by atoms with Gasteiger partial charge in [-0.05, 0) is 43.5 Å². The van der Waals surface area contributed by atoms with Crippen molar-refractivity contribution in [2.45, 2.75) is 31.4 Å². The Morgan fingerprint density at radius 2 is 2.09 bits per heavy atom. The standard InChI is InChI=1S/C15H23FN2O3S/c1-22(20,21)17-8-10-18-9-2-3-14(18)11-15(19)12-4-6-13(16)7-5-12/h4-7,14-15,17,19H,2-3,8-11H2,1H3/t14-,15-/m0/s1. The van der Waals surface area contributed by atoms with E-state index in [0.717, 1.165) is 25.6 Å². The second kappa shape index (κ2) is 7.50. The summed E-state index contributed by atoms with van der Waals surface area (Å²) in [6, 6.07) is 6.12. The lowest BCUT2D eigenvalue weighted by Gasteiger charge is -2.26. The molecule has 22 heavy (non-hydrogen) atoms. The third kappa shape index (κ3) is 5.31. The van der Waals surface area contributed by atoms with E-state index in [1.165, 1.54) is 12.1 Å². The van der Waals surface area contributed by atoms with E-state index in [2.05, 4.69) is 9.62 Å². The molecule has 0 bridgehead atoms. The molecule has 0 spiro atoms. The van der Waals surface area contributed by atoms with Gasteiger partial charge in [-0.1, -0.05) is 12.1 Å². The van der Waals surface area contributed by atoms with Gasteiger partial charge in [0.2, 0.25) is 10.0 Å². The van der Waals surface area contributed by atoms with Crippen molar-refractivity contribution >= 4 is 10.0 Å². The number of hydrogen-bond donors (Lipinski definition) is 2. The second-order valence-corrected chi connectivity index (χ2v) is 7.63. The molecule has 1 aliphatic rings. The molecular weight excluding hydrogens is 307 g/mol. The van der Waals surface area contributed by atoms with Crippen molar-refractivity contribution in [2.24, 2.45) is 0 Å². The number of halogens is 1. The van der Waals surface area contributed by atoms with Crippen LogP contribution in [0.25, 0.3) is 0 Å². The molecule has 2 N–H and O–H groups in total. The maximum atomic E-state index is 12.9. The smallest absolute Gasteiger partial charge is 0.208 e. The molecule has 0 unspecified atom stereocenters. The summed E-state index contributed by atoms with van der Waals surface area (Å²) in [7, 11) is -3.16. The Morgan fingerprint density at radius 1 is 1.41 bits per heavy atom. The van der Waals surface area contributed by atoms with Gasteiger partial charge in [0.25, 0.3) is 0 Å². The quantitative estimate of drug-likeness (QED) is 0.790. The fourth-order valence-electron chi connectivity index (χ4n) is 2.91. The molecule has 1 aromatic carbocycles. The highest BCUT2D eigenvalue weighted by molar-refractivity contribution is 7.88. The number of hydrogen-bond acceptors (Lipinski definition) is 4. The van der Waals surface area contributed by atoms with Crippen LogP contribution < -0.4 is 4.72 Å². The van der Waals surface area contributed by atoms with E-state index in [0.29, 0.717) is 25.1 Å². The topological polar surface area (TPSA) is 69.6 Å². The highest BCUT2D eigenvalue weighted by Crippen LogP contribution is 2.27. The zero-order valence-corrected chi connectivity index (χ0v) is 13.5. The number of rotatable bonds is 7. The number of aliphatic hydroxyl groups excluding tert-OH is 1. The molecular formula is C15H23FN2O3S. The van der Waals surface area contributed by atoms with Crippen molar-refractivity contribution in [1.29, 1.82) is 0 Å². The molecule has 1 aromatic rings. The van der Waals surface area contributed by atoms with Crippen LogP contribution in [-0.4, -0.2) is 50.4 Å². The molecule has 1 aliphatic heterocycles. The van der Waals surface area contributed by atoms with Gasteiger partial charge in [-0.3, -0.25) is 4.90 Å². The molecule has 0 aliphatic carbocycles. The third-order valence-electron chi connectivity index (χ3n) is 4.01. The molecule has 7 heteroatoms. The zero-order valence-electron chi connectivity index (χ0n) is 12.7.